The predicted molar refractivity (Wildman–Crippen MR) is 131 cm³/mol. The van der Waals surface area contributed by atoms with Gasteiger partial charge in [-0.05, 0) is 79.4 Å². The normalized spacial score (nSPS) is 35.8. The summed E-state index contributed by atoms with van der Waals surface area (Å²) in [6, 6.07) is 2.17. The van der Waals surface area contributed by atoms with E-state index in [0.717, 1.165) is 45.1 Å². The van der Waals surface area contributed by atoms with E-state index in [4.69, 9.17) is 5.26 Å². The van der Waals surface area contributed by atoms with Crippen LogP contribution in [0.15, 0.2) is 59.0 Å². The van der Waals surface area contributed by atoms with Crippen LogP contribution < -0.4 is 0 Å². The van der Waals surface area contributed by atoms with E-state index < -0.39 is 5.60 Å². The summed E-state index contributed by atoms with van der Waals surface area (Å²) in [5.41, 5.74) is 6.27. The number of fused-ring (bicyclic) bond motifs is 4. The van der Waals surface area contributed by atoms with Crippen molar-refractivity contribution in [2.45, 2.75) is 84.8 Å². The van der Waals surface area contributed by atoms with E-state index in [0.29, 0.717) is 17.4 Å². The second-order valence-electron chi connectivity index (χ2n) is 11.4. The summed E-state index contributed by atoms with van der Waals surface area (Å²) in [7, 11) is 0. The van der Waals surface area contributed by atoms with Crippen molar-refractivity contribution in [1.82, 2.24) is 9.78 Å². The molecule has 1 saturated carbocycles. The second-order valence-corrected chi connectivity index (χ2v) is 11.4. The third kappa shape index (κ3) is 3.48. The molecule has 4 nitrogen and oxygen atoms in total. The molecule has 1 unspecified atom stereocenters. The Hall–Kier alpha value is -2.38. The van der Waals surface area contributed by atoms with Crippen molar-refractivity contribution in [1.29, 1.82) is 5.26 Å². The minimum Gasteiger partial charge on any atom is -0.390 e. The molecule has 4 aliphatic rings. The van der Waals surface area contributed by atoms with E-state index in [-0.39, 0.29) is 10.8 Å². The maximum Gasteiger partial charge on any atom is 0.102 e. The van der Waals surface area contributed by atoms with Crippen molar-refractivity contribution in [3.8, 4) is 6.07 Å². The summed E-state index contributed by atoms with van der Waals surface area (Å²) in [6.45, 7) is 10.1. The molecule has 174 valence electrons. The standard InChI is InChI=1S/C29H37N3O/c1-5-11-29(33)14-13-27(3)22(15-29)6-7-23-25-9-8-24(28(25,4)12-10-26(23)27)20(2)18-32-19-21(16-30)17-31-32/h8-10,12,17,19-20,22,33H,5-7,11,13-15,18H2,1-4H3/t20?,22-,27+,28+,29-/m1/s1. The molecule has 4 aliphatic carbocycles. The second kappa shape index (κ2) is 7.84. The quantitative estimate of drug-likeness (QED) is 0.584. The van der Waals surface area contributed by atoms with Crippen LogP contribution in [-0.4, -0.2) is 20.5 Å². The molecule has 5 atom stereocenters. The van der Waals surface area contributed by atoms with Crippen molar-refractivity contribution in [3.63, 3.8) is 0 Å². The molecule has 0 saturated heterocycles. The highest BCUT2D eigenvalue weighted by molar-refractivity contribution is 5.62. The highest BCUT2D eigenvalue weighted by atomic mass is 16.3. The Bertz CT molecular complexity index is 1130. The van der Waals surface area contributed by atoms with Gasteiger partial charge in [-0.15, -0.1) is 0 Å². The topological polar surface area (TPSA) is 61.8 Å². The zero-order chi connectivity index (χ0) is 23.4. The number of aliphatic hydroxyl groups is 1. The Kier molecular flexibility index (Phi) is 5.33. The van der Waals surface area contributed by atoms with E-state index in [9.17, 15) is 5.11 Å². The van der Waals surface area contributed by atoms with E-state index in [1.54, 1.807) is 11.8 Å². The maximum absolute atomic E-state index is 11.2. The minimum absolute atomic E-state index is 0.0652. The molecule has 4 heteroatoms. The van der Waals surface area contributed by atoms with Gasteiger partial charge in [-0.3, -0.25) is 4.68 Å². The number of hydrogen-bond donors (Lipinski definition) is 1. The Labute approximate surface area is 198 Å². The lowest BCUT2D eigenvalue weighted by molar-refractivity contribution is -0.0631. The molecule has 1 heterocycles. The molecule has 0 amide bonds. The first-order valence-electron chi connectivity index (χ1n) is 12.7. The van der Waals surface area contributed by atoms with Crippen molar-refractivity contribution < 1.29 is 5.11 Å². The van der Waals surface area contributed by atoms with E-state index >= 15 is 0 Å². The SMILES string of the molecule is CCC[C@@]1(O)CC[C@]2(C)C3=C(CC[C@@H]2C1)C1=CC=C(C(C)Cn2cc(C#N)cn2)[C@]1(C)C=C3. The Morgan fingerprint density at radius 1 is 1.30 bits per heavy atom. The Morgan fingerprint density at radius 3 is 2.85 bits per heavy atom. The van der Waals surface area contributed by atoms with Gasteiger partial charge in [0.1, 0.15) is 6.07 Å². The summed E-state index contributed by atoms with van der Waals surface area (Å²) in [5, 5.41) is 24.6. The fourth-order valence-corrected chi connectivity index (χ4v) is 7.42. The fraction of sp³-hybridized carbons (Fsp3) is 0.586. The molecule has 0 spiro atoms. The van der Waals surface area contributed by atoms with Gasteiger partial charge < -0.3 is 5.11 Å². The first-order valence-corrected chi connectivity index (χ1v) is 12.7. The van der Waals surface area contributed by atoms with Gasteiger partial charge in [0.25, 0.3) is 0 Å². The van der Waals surface area contributed by atoms with Crippen LogP contribution in [0.1, 0.15) is 78.2 Å². The predicted octanol–water partition coefficient (Wildman–Crippen LogP) is 6.26. The van der Waals surface area contributed by atoms with E-state index in [2.05, 4.69) is 63.2 Å². The van der Waals surface area contributed by atoms with E-state index in [1.807, 2.05) is 10.9 Å². The molecule has 0 radical (unpaired) electrons. The van der Waals surface area contributed by atoms with Gasteiger partial charge >= 0.3 is 0 Å². The molecule has 0 bridgehead atoms. The molecule has 1 aromatic rings. The average molecular weight is 444 g/mol. The molecular weight excluding hydrogens is 406 g/mol. The summed E-state index contributed by atoms with van der Waals surface area (Å²) in [4.78, 5) is 0. The average Bonchev–Trinajstić information content (AvgIpc) is 3.38. The lowest BCUT2D eigenvalue weighted by atomic mass is 9.52. The van der Waals surface area contributed by atoms with Crippen LogP contribution in [0.25, 0.3) is 0 Å². The molecule has 1 N–H and O–H groups in total. The molecular formula is C29H37N3O. The van der Waals surface area contributed by atoms with Crippen molar-refractivity contribution >= 4 is 0 Å². The Morgan fingerprint density at radius 2 is 2.12 bits per heavy atom. The highest BCUT2D eigenvalue weighted by Gasteiger charge is 2.52. The number of hydrogen-bond acceptors (Lipinski definition) is 3. The van der Waals surface area contributed by atoms with Gasteiger partial charge in [0.2, 0.25) is 0 Å². The number of nitrogens with zero attached hydrogens (tertiary/aromatic N) is 3. The first-order chi connectivity index (χ1) is 15.7. The molecule has 1 fully saturated rings. The summed E-state index contributed by atoms with van der Waals surface area (Å²) in [6.07, 6.45) is 20.3. The summed E-state index contributed by atoms with van der Waals surface area (Å²) in [5.74, 6) is 0.894. The largest absolute Gasteiger partial charge is 0.390 e. The number of nitriles is 1. The molecule has 33 heavy (non-hydrogen) atoms. The van der Waals surface area contributed by atoms with Gasteiger partial charge in [0.15, 0.2) is 0 Å². The Balaban J connectivity index is 1.39. The van der Waals surface area contributed by atoms with Crippen LogP contribution in [0.2, 0.25) is 0 Å². The van der Waals surface area contributed by atoms with Crippen molar-refractivity contribution in [2.24, 2.45) is 22.7 Å². The van der Waals surface area contributed by atoms with Crippen LogP contribution in [0.3, 0.4) is 0 Å². The number of aromatic nitrogens is 2. The maximum atomic E-state index is 11.2. The molecule has 1 aromatic heterocycles. The van der Waals surface area contributed by atoms with Crippen LogP contribution in [0, 0.1) is 34.0 Å². The molecule has 5 rings (SSSR count). The summed E-state index contributed by atoms with van der Waals surface area (Å²) < 4.78 is 1.90. The van der Waals surface area contributed by atoms with Crippen molar-refractivity contribution in [3.05, 3.63) is 64.6 Å². The lowest BCUT2D eigenvalue weighted by Gasteiger charge is -2.54. The zero-order valence-corrected chi connectivity index (χ0v) is 20.6. The van der Waals surface area contributed by atoms with Crippen LogP contribution in [0.4, 0.5) is 0 Å². The molecule has 0 aromatic carbocycles. The van der Waals surface area contributed by atoms with Crippen LogP contribution in [0.5, 0.6) is 0 Å². The minimum atomic E-state index is -0.460. The van der Waals surface area contributed by atoms with Crippen LogP contribution >= 0.6 is 0 Å². The number of rotatable bonds is 5. The lowest BCUT2D eigenvalue weighted by Crippen LogP contribution is -2.47. The number of allylic oxidation sites excluding steroid dienone is 8. The third-order valence-corrected chi connectivity index (χ3v) is 9.29. The summed E-state index contributed by atoms with van der Waals surface area (Å²) >= 11 is 0. The van der Waals surface area contributed by atoms with Gasteiger partial charge in [-0.1, -0.05) is 57.1 Å². The third-order valence-electron chi connectivity index (χ3n) is 9.29. The highest BCUT2D eigenvalue weighted by Crippen LogP contribution is 2.61. The smallest absolute Gasteiger partial charge is 0.102 e. The van der Waals surface area contributed by atoms with Gasteiger partial charge in [0.05, 0.1) is 17.4 Å². The van der Waals surface area contributed by atoms with Gasteiger partial charge in [-0.25, -0.2) is 0 Å². The monoisotopic (exact) mass is 443 g/mol. The molecule has 0 aliphatic heterocycles. The zero-order valence-electron chi connectivity index (χ0n) is 20.6. The van der Waals surface area contributed by atoms with Gasteiger partial charge in [-0.2, -0.15) is 10.4 Å². The fourth-order valence-electron chi connectivity index (χ4n) is 7.42. The van der Waals surface area contributed by atoms with Crippen LogP contribution in [-0.2, 0) is 6.54 Å². The van der Waals surface area contributed by atoms with Gasteiger partial charge in [0, 0.05) is 18.2 Å². The van der Waals surface area contributed by atoms with Crippen molar-refractivity contribution in [2.75, 3.05) is 0 Å². The van der Waals surface area contributed by atoms with E-state index in [1.165, 1.54) is 23.1 Å². The first kappa shape index (κ1) is 22.4.